The molecule has 0 saturated carbocycles. The third-order valence-corrected chi connectivity index (χ3v) is 2.68. The summed E-state index contributed by atoms with van der Waals surface area (Å²) in [6.07, 6.45) is -0.395. The zero-order valence-corrected chi connectivity index (χ0v) is 8.63. The van der Waals surface area contributed by atoms with E-state index in [2.05, 4.69) is 15.0 Å². The minimum atomic E-state index is -1.03. The molecule has 2 unspecified atom stereocenters. The number of azide groups is 1. The van der Waals surface area contributed by atoms with Gasteiger partial charge in [-0.25, -0.2) is 4.98 Å². The molecule has 0 aliphatic carbocycles. The smallest absolute Gasteiger partial charge is 0.180 e. The van der Waals surface area contributed by atoms with Crippen molar-refractivity contribution in [2.75, 3.05) is 12.3 Å². The van der Waals surface area contributed by atoms with Crippen LogP contribution in [0.1, 0.15) is 17.4 Å². The predicted octanol–water partition coefficient (Wildman–Crippen LogP) is 0.820. The Kier molecular flexibility index (Phi) is 4.32. The number of thiazole rings is 1. The average Bonchev–Trinajstić information content (AvgIpc) is 2.64. The van der Waals surface area contributed by atoms with Gasteiger partial charge in [-0.2, -0.15) is 0 Å². The minimum absolute atomic E-state index is 0.142. The Balaban J connectivity index is 2.52. The second kappa shape index (κ2) is 5.52. The Hall–Kier alpha value is -1.34. The van der Waals surface area contributed by atoms with Crippen LogP contribution in [0.2, 0.25) is 0 Å². The van der Waals surface area contributed by atoms with Gasteiger partial charge in [-0.05, 0) is 12.0 Å². The van der Waals surface area contributed by atoms with E-state index in [1.807, 2.05) is 0 Å². The van der Waals surface area contributed by atoms with Gasteiger partial charge in [0.1, 0.15) is 6.10 Å². The SMILES string of the molecule is [N-]=[N+]=NCCC(O)C(O)c1cnc(N)s1. The Bertz CT molecular complexity index is 362. The molecule has 0 aliphatic heterocycles. The van der Waals surface area contributed by atoms with Crippen molar-refractivity contribution >= 4 is 16.5 Å². The molecule has 0 spiro atoms. The lowest BCUT2D eigenvalue weighted by Crippen LogP contribution is -2.18. The number of anilines is 1. The van der Waals surface area contributed by atoms with Gasteiger partial charge in [0.15, 0.2) is 5.13 Å². The van der Waals surface area contributed by atoms with Gasteiger partial charge in [0.05, 0.1) is 11.0 Å². The molecule has 1 aromatic rings. The quantitative estimate of drug-likeness (QED) is 0.392. The molecule has 0 aliphatic rings. The lowest BCUT2D eigenvalue weighted by Gasteiger charge is -2.14. The highest BCUT2D eigenvalue weighted by atomic mass is 32.1. The second-order valence-corrected chi connectivity index (χ2v) is 3.95. The van der Waals surface area contributed by atoms with Crippen LogP contribution in [0.25, 0.3) is 10.4 Å². The van der Waals surface area contributed by atoms with Gasteiger partial charge in [0.2, 0.25) is 0 Å². The van der Waals surface area contributed by atoms with Gasteiger partial charge >= 0.3 is 0 Å². The molecule has 15 heavy (non-hydrogen) atoms. The summed E-state index contributed by atoms with van der Waals surface area (Å²) in [6.45, 7) is 0.142. The largest absolute Gasteiger partial charge is 0.390 e. The van der Waals surface area contributed by atoms with Crippen molar-refractivity contribution in [3.05, 3.63) is 21.5 Å². The normalized spacial score (nSPS) is 14.3. The zero-order chi connectivity index (χ0) is 11.3. The third-order valence-electron chi connectivity index (χ3n) is 1.79. The van der Waals surface area contributed by atoms with E-state index in [0.717, 1.165) is 11.3 Å². The van der Waals surface area contributed by atoms with E-state index in [1.165, 1.54) is 6.20 Å². The first kappa shape index (κ1) is 11.7. The highest BCUT2D eigenvalue weighted by Gasteiger charge is 2.19. The molecule has 0 amide bonds. The Morgan fingerprint density at radius 1 is 1.67 bits per heavy atom. The van der Waals surface area contributed by atoms with Crippen molar-refractivity contribution in [1.82, 2.24) is 4.98 Å². The van der Waals surface area contributed by atoms with Crippen LogP contribution in [0.3, 0.4) is 0 Å². The van der Waals surface area contributed by atoms with E-state index in [1.54, 1.807) is 0 Å². The molecule has 1 aromatic heterocycles. The topological polar surface area (TPSA) is 128 Å². The summed E-state index contributed by atoms with van der Waals surface area (Å²) in [4.78, 5) is 6.81. The van der Waals surface area contributed by atoms with Crippen LogP contribution in [0.4, 0.5) is 5.13 Å². The van der Waals surface area contributed by atoms with Crippen molar-refractivity contribution < 1.29 is 10.2 Å². The molecule has 0 radical (unpaired) electrons. The number of hydrogen-bond acceptors (Lipinski definition) is 6. The fourth-order valence-corrected chi connectivity index (χ4v) is 1.75. The van der Waals surface area contributed by atoms with Gasteiger partial charge < -0.3 is 15.9 Å². The van der Waals surface area contributed by atoms with Gasteiger partial charge in [0, 0.05) is 17.7 Å². The molecule has 0 saturated heterocycles. The molecular formula is C7H11N5O2S. The molecular weight excluding hydrogens is 218 g/mol. The highest BCUT2D eigenvalue weighted by molar-refractivity contribution is 7.15. The molecule has 0 aromatic carbocycles. The van der Waals surface area contributed by atoms with Crippen molar-refractivity contribution in [1.29, 1.82) is 0 Å². The number of nitrogen functional groups attached to an aromatic ring is 1. The number of aliphatic hydroxyl groups is 2. The third kappa shape index (κ3) is 3.37. The Morgan fingerprint density at radius 2 is 2.40 bits per heavy atom. The summed E-state index contributed by atoms with van der Waals surface area (Å²) in [5, 5.41) is 22.7. The summed E-state index contributed by atoms with van der Waals surface area (Å²) < 4.78 is 0. The van der Waals surface area contributed by atoms with Crippen LogP contribution in [0.15, 0.2) is 11.3 Å². The van der Waals surface area contributed by atoms with E-state index in [4.69, 9.17) is 11.3 Å². The first-order valence-electron chi connectivity index (χ1n) is 4.23. The van der Waals surface area contributed by atoms with E-state index >= 15 is 0 Å². The molecule has 7 nitrogen and oxygen atoms in total. The fraction of sp³-hybridized carbons (Fsp3) is 0.571. The van der Waals surface area contributed by atoms with Crippen LogP contribution in [-0.2, 0) is 0 Å². The number of nitrogens with zero attached hydrogens (tertiary/aromatic N) is 4. The fourth-order valence-electron chi connectivity index (χ4n) is 1.02. The van der Waals surface area contributed by atoms with Gasteiger partial charge in [-0.15, -0.1) is 0 Å². The van der Waals surface area contributed by atoms with Crippen molar-refractivity contribution in [3.8, 4) is 0 Å². The monoisotopic (exact) mass is 229 g/mol. The molecule has 2 atom stereocenters. The first-order chi connectivity index (χ1) is 7.15. The lowest BCUT2D eigenvalue weighted by atomic mass is 10.1. The molecule has 0 fully saturated rings. The van der Waals surface area contributed by atoms with E-state index in [9.17, 15) is 10.2 Å². The Morgan fingerprint density at radius 3 is 2.93 bits per heavy atom. The standard InChI is InChI=1S/C7H11N5O2S/c8-7-10-3-5(15-7)6(14)4(13)1-2-11-12-9/h3-4,6,13-14H,1-2H2,(H2,8,10). The number of nitrogens with two attached hydrogens (primary N) is 1. The van der Waals surface area contributed by atoms with Crippen LogP contribution >= 0.6 is 11.3 Å². The summed E-state index contributed by atoms with van der Waals surface area (Å²) >= 11 is 1.12. The summed E-state index contributed by atoms with van der Waals surface area (Å²) in [6, 6.07) is 0. The molecule has 8 heteroatoms. The van der Waals surface area contributed by atoms with Crippen molar-refractivity contribution in [2.45, 2.75) is 18.6 Å². The van der Waals surface area contributed by atoms with E-state index in [0.29, 0.717) is 10.0 Å². The van der Waals surface area contributed by atoms with E-state index in [-0.39, 0.29) is 13.0 Å². The molecule has 1 heterocycles. The number of aliphatic hydroxyl groups excluding tert-OH is 2. The summed E-state index contributed by atoms with van der Waals surface area (Å²) in [7, 11) is 0. The number of hydrogen-bond donors (Lipinski definition) is 3. The van der Waals surface area contributed by atoms with Crippen LogP contribution < -0.4 is 5.73 Å². The lowest BCUT2D eigenvalue weighted by molar-refractivity contribution is 0.0170. The maximum Gasteiger partial charge on any atom is 0.180 e. The number of rotatable bonds is 5. The van der Waals surface area contributed by atoms with Crippen LogP contribution in [0.5, 0.6) is 0 Å². The minimum Gasteiger partial charge on any atom is -0.390 e. The summed E-state index contributed by atoms with van der Waals surface area (Å²) in [5.41, 5.74) is 13.4. The average molecular weight is 229 g/mol. The van der Waals surface area contributed by atoms with Gasteiger partial charge in [-0.3, -0.25) is 0 Å². The molecule has 0 bridgehead atoms. The van der Waals surface area contributed by atoms with Crippen molar-refractivity contribution in [3.63, 3.8) is 0 Å². The molecule has 1 rings (SSSR count). The van der Waals surface area contributed by atoms with Gasteiger partial charge in [-0.1, -0.05) is 16.5 Å². The Labute approximate surface area is 89.8 Å². The van der Waals surface area contributed by atoms with Crippen LogP contribution in [0, 0.1) is 0 Å². The molecule has 4 N–H and O–H groups in total. The van der Waals surface area contributed by atoms with Crippen LogP contribution in [-0.4, -0.2) is 27.8 Å². The highest BCUT2D eigenvalue weighted by Crippen LogP contribution is 2.25. The maximum absolute atomic E-state index is 9.63. The van der Waals surface area contributed by atoms with Gasteiger partial charge in [0.25, 0.3) is 0 Å². The first-order valence-corrected chi connectivity index (χ1v) is 5.05. The zero-order valence-electron chi connectivity index (χ0n) is 7.82. The van der Waals surface area contributed by atoms with E-state index < -0.39 is 12.2 Å². The predicted molar refractivity (Wildman–Crippen MR) is 56.1 cm³/mol. The molecule has 82 valence electrons. The maximum atomic E-state index is 9.63. The second-order valence-electron chi connectivity index (χ2n) is 2.86. The van der Waals surface area contributed by atoms with Crippen molar-refractivity contribution in [2.24, 2.45) is 5.11 Å². The summed E-state index contributed by atoms with van der Waals surface area (Å²) in [5.74, 6) is 0. The number of aromatic nitrogens is 1.